The Morgan fingerprint density at radius 1 is 1.00 bits per heavy atom. The van der Waals surface area contributed by atoms with Crippen LogP contribution in [0.3, 0.4) is 0 Å². The SMILES string of the molecule is COc1cc(C[NH2+]C(C)(C)CO)ccc1OCCc1ccccc1. The van der Waals surface area contributed by atoms with Gasteiger partial charge in [-0.3, -0.25) is 0 Å². The minimum Gasteiger partial charge on any atom is -0.493 e. The van der Waals surface area contributed by atoms with E-state index in [-0.39, 0.29) is 12.1 Å². The molecule has 0 spiro atoms. The maximum atomic E-state index is 9.33. The predicted octanol–water partition coefficient (Wildman–Crippen LogP) is 2.15. The zero-order valence-electron chi connectivity index (χ0n) is 14.8. The monoisotopic (exact) mass is 330 g/mol. The maximum absolute atomic E-state index is 9.33. The molecule has 0 unspecified atom stereocenters. The van der Waals surface area contributed by atoms with Gasteiger partial charge in [-0.25, -0.2) is 0 Å². The van der Waals surface area contributed by atoms with E-state index in [4.69, 9.17) is 9.47 Å². The first kappa shape index (κ1) is 18.3. The molecule has 3 N–H and O–H groups in total. The van der Waals surface area contributed by atoms with Gasteiger partial charge in [-0.05, 0) is 37.6 Å². The molecule has 2 aromatic carbocycles. The fourth-order valence-corrected chi connectivity index (χ4v) is 2.34. The molecule has 0 aliphatic rings. The van der Waals surface area contributed by atoms with Crippen molar-refractivity contribution in [2.45, 2.75) is 32.4 Å². The van der Waals surface area contributed by atoms with E-state index >= 15 is 0 Å². The average molecular weight is 330 g/mol. The minimum absolute atomic E-state index is 0.144. The molecule has 2 aromatic rings. The first-order valence-electron chi connectivity index (χ1n) is 8.33. The number of aliphatic hydroxyl groups is 1. The second-order valence-electron chi connectivity index (χ2n) is 6.62. The molecule has 0 atom stereocenters. The summed E-state index contributed by atoms with van der Waals surface area (Å²) in [6, 6.07) is 16.3. The van der Waals surface area contributed by atoms with Gasteiger partial charge in [-0.1, -0.05) is 30.3 Å². The van der Waals surface area contributed by atoms with Gasteiger partial charge in [0.05, 0.1) is 20.3 Å². The summed E-state index contributed by atoms with van der Waals surface area (Å²) in [5, 5.41) is 11.5. The molecular formula is C20H28NO3+. The summed E-state index contributed by atoms with van der Waals surface area (Å²) >= 11 is 0. The molecule has 0 fully saturated rings. The Balaban J connectivity index is 1.93. The second-order valence-corrected chi connectivity index (χ2v) is 6.62. The summed E-state index contributed by atoms with van der Waals surface area (Å²) in [4.78, 5) is 0. The van der Waals surface area contributed by atoms with Crippen LogP contribution in [0, 0.1) is 0 Å². The zero-order valence-corrected chi connectivity index (χ0v) is 14.8. The van der Waals surface area contributed by atoms with Crippen molar-refractivity contribution in [3.63, 3.8) is 0 Å². The highest BCUT2D eigenvalue weighted by Crippen LogP contribution is 2.28. The molecule has 4 heteroatoms. The smallest absolute Gasteiger partial charge is 0.161 e. The van der Waals surface area contributed by atoms with Crippen LogP contribution in [0.2, 0.25) is 0 Å². The number of rotatable bonds is 9. The summed E-state index contributed by atoms with van der Waals surface area (Å²) in [7, 11) is 1.66. The summed E-state index contributed by atoms with van der Waals surface area (Å²) in [6.45, 7) is 5.58. The summed E-state index contributed by atoms with van der Waals surface area (Å²) in [5.74, 6) is 1.51. The van der Waals surface area contributed by atoms with Crippen LogP contribution in [0.4, 0.5) is 0 Å². The highest BCUT2D eigenvalue weighted by molar-refractivity contribution is 5.42. The summed E-state index contributed by atoms with van der Waals surface area (Å²) in [5.41, 5.74) is 2.22. The number of quaternary nitrogens is 1. The van der Waals surface area contributed by atoms with Crippen molar-refractivity contribution in [3.05, 3.63) is 59.7 Å². The Bertz CT molecular complexity index is 626. The highest BCUT2D eigenvalue weighted by atomic mass is 16.5. The van der Waals surface area contributed by atoms with Crippen LogP contribution in [-0.4, -0.2) is 31.0 Å². The number of methoxy groups -OCH3 is 1. The average Bonchev–Trinajstić information content (AvgIpc) is 2.61. The third-order valence-electron chi connectivity index (χ3n) is 4.02. The van der Waals surface area contributed by atoms with Crippen molar-refractivity contribution in [1.29, 1.82) is 0 Å². The number of ether oxygens (including phenoxy) is 2. The quantitative estimate of drug-likeness (QED) is 0.741. The lowest BCUT2D eigenvalue weighted by molar-refractivity contribution is -0.736. The van der Waals surface area contributed by atoms with E-state index in [1.54, 1.807) is 7.11 Å². The Labute approximate surface area is 144 Å². The zero-order chi connectivity index (χ0) is 17.4. The lowest BCUT2D eigenvalue weighted by atomic mass is 10.1. The Morgan fingerprint density at radius 2 is 1.75 bits per heavy atom. The number of benzene rings is 2. The molecule has 24 heavy (non-hydrogen) atoms. The minimum atomic E-state index is -0.182. The third kappa shape index (κ3) is 5.55. The van der Waals surface area contributed by atoms with E-state index in [0.29, 0.717) is 6.61 Å². The van der Waals surface area contributed by atoms with Gasteiger partial charge in [0, 0.05) is 12.0 Å². The molecule has 2 rings (SSSR count). The van der Waals surface area contributed by atoms with Crippen LogP contribution < -0.4 is 14.8 Å². The molecule has 0 saturated heterocycles. The molecule has 0 amide bonds. The lowest BCUT2D eigenvalue weighted by Gasteiger charge is -2.20. The predicted molar refractivity (Wildman–Crippen MR) is 95.4 cm³/mol. The Kier molecular flexibility index (Phi) is 6.64. The Morgan fingerprint density at radius 3 is 2.42 bits per heavy atom. The number of aliphatic hydroxyl groups excluding tert-OH is 1. The van der Waals surface area contributed by atoms with E-state index in [9.17, 15) is 5.11 Å². The standard InChI is InChI=1S/C20H27NO3/c1-20(2,15-22)21-14-17-9-10-18(19(13-17)23-3)24-12-11-16-7-5-4-6-8-16/h4-10,13,21-22H,11-12,14-15H2,1-3H3/p+1. The van der Waals surface area contributed by atoms with Crippen LogP contribution in [-0.2, 0) is 13.0 Å². The van der Waals surface area contributed by atoms with Gasteiger partial charge in [0.2, 0.25) is 0 Å². The van der Waals surface area contributed by atoms with Crippen LogP contribution in [0.5, 0.6) is 11.5 Å². The van der Waals surface area contributed by atoms with E-state index in [1.165, 1.54) is 5.56 Å². The largest absolute Gasteiger partial charge is 0.493 e. The molecule has 0 aromatic heterocycles. The fourth-order valence-electron chi connectivity index (χ4n) is 2.34. The number of hydrogen-bond acceptors (Lipinski definition) is 3. The molecule has 0 aliphatic heterocycles. The highest BCUT2D eigenvalue weighted by Gasteiger charge is 2.19. The van der Waals surface area contributed by atoms with Gasteiger partial charge in [-0.15, -0.1) is 0 Å². The number of nitrogens with two attached hydrogens (primary N) is 1. The lowest BCUT2D eigenvalue weighted by Crippen LogP contribution is -2.95. The molecule has 0 aliphatic carbocycles. The fraction of sp³-hybridized carbons (Fsp3) is 0.400. The van der Waals surface area contributed by atoms with Crippen LogP contribution in [0.15, 0.2) is 48.5 Å². The molecule has 0 saturated carbocycles. The van der Waals surface area contributed by atoms with Crippen molar-refractivity contribution < 1.29 is 19.9 Å². The number of hydrogen-bond donors (Lipinski definition) is 2. The van der Waals surface area contributed by atoms with Gasteiger partial charge >= 0.3 is 0 Å². The normalized spacial score (nSPS) is 11.3. The third-order valence-corrected chi connectivity index (χ3v) is 4.02. The Hall–Kier alpha value is -2.04. The van der Waals surface area contributed by atoms with Crippen LogP contribution in [0.25, 0.3) is 0 Å². The molecule has 4 nitrogen and oxygen atoms in total. The van der Waals surface area contributed by atoms with Gasteiger partial charge in [0.25, 0.3) is 0 Å². The topological polar surface area (TPSA) is 55.3 Å². The van der Waals surface area contributed by atoms with Gasteiger partial charge in [-0.2, -0.15) is 0 Å². The van der Waals surface area contributed by atoms with Crippen LogP contribution >= 0.6 is 0 Å². The van der Waals surface area contributed by atoms with Crippen molar-refractivity contribution in [2.24, 2.45) is 0 Å². The molecule has 130 valence electrons. The molecule has 0 radical (unpaired) electrons. The van der Waals surface area contributed by atoms with E-state index in [2.05, 4.69) is 17.4 Å². The summed E-state index contributed by atoms with van der Waals surface area (Å²) < 4.78 is 11.3. The molecular weight excluding hydrogens is 302 g/mol. The van der Waals surface area contributed by atoms with Crippen LogP contribution in [0.1, 0.15) is 25.0 Å². The van der Waals surface area contributed by atoms with Gasteiger partial charge in [0.15, 0.2) is 11.5 Å². The van der Waals surface area contributed by atoms with Crippen molar-refractivity contribution >= 4 is 0 Å². The van der Waals surface area contributed by atoms with E-state index < -0.39 is 0 Å². The maximum Gasteiger partial charge on any atom is 0.161 e. The second kappa shape index (κ2) is 8.71. The van der Waals surface area contributed by atoms with Gasteiger partial charge in [0.1, 0.15) is 12.1 Å². The van der Waals surface area contributed by atoms with Gasteiger partial charge < -0.3 is 19.9 Å². The molecule has 0 bridgehead atoms. The van der Waals surface area contributed by atoms with Crippen molar-refractivity contribution in [3.8, 4) is 11.5 Å². The first-order valence-corrected chi connectivity index (χ1v) is 8.33. The van der Waals surface area contributed by atoms with E-state index in [0.717, 1.165) is 30.0 Å². The first-order chi connectivity index (χ1) is 11.5. The summed E-state index contributed by atoms with van der Waals surface area (Å²) in [6.07, 6.45) is 0.865. The van der Waals surface area contributed by atoms with Crippen molar-refractivity contribution in [2.75, 3.05) is 20.3 Å². The molecule has 0 heterocycles. The van der Waals surface area contributed by atoms with Crippen molar-refractivity contribution in [1.82, 2.24) is 0 Å². The van der Waals surface area contributed by atoms with E-state index in [1.807, 2.05) is 50.2 Å².